The third-order valence-electron chi connectivity index (χ3n) is 5.23. The van der Waals surface area contributed by atoms with E-state index in [0.29, 0.717) is 19.6 Å². The molecule has 0 unspecified atom stereocenters. The fraction of sp³-hybridized carbons (Fsp3) is 0.318. The molecule has 0 bridgehead atoms. The molecule has 0 spiro atoms. The molecule has 1 aliphatic heterocycles. The lowest BCUT2D eigenvalue weighted by Crippen LogP contribution is -2.55. The van der Waals surface area contributed by atoms with Gasteiger partial charge in [0.05, 0.1) is 0 Å². The summed E-state index contributed by atoms with van der Waals surface area (Å²) in [5, 5.41) is 2.83. The number of hydrogen-bond acceptors (Lipinski definition) is 3. The van der Waals surface area contributed by atoms with Crippen LogP contribution in [0.3, 0.4) is 0 Å². The lowest BCUT2D eigenvalue weighted by atomic mass is 10.1. The third kappa shape index (κ3) is 4.22. The molecule has 0 radical (unpaired) electrons. The number of carbonyl (C=O) groups excluding carboxylic acids is 3. The number of rotatable bonds is 5. The van der Waals surface area contributed by atoms with Crippen molar-refractivity contribution in [1.82, 2.24) is 9.80 Å². The first-order valence-corrected chi connectivity index (χ1v) is 9.35. The summed E-state index contributed by atoms with van der Waals surface area (Å²) in [4.78, 5) is 40.2. The number of benzene rings is 2. The number of carbonyl (C=O) groups is 3. The number of hydrogen-bond donors (Lipinski definition) is 1. The molecule has 3 rings (SSSR count). The van der Waals surface area contributed by atoms with Crippen LogP contribution in [0.2, 0.25) is 0 Å². The molecule has 2 aromatic rings. The number of nitrogens with zero attached hydrogens (tertiary/aromatic N) is 2. The molecule has 2 aromatic carbocycles. The molecule has 1 fully saturated rings. The smallest absolute Gasteiger partial charge is 0.312 e. The van der Waals surface area contributed by atoms with Crippen LogP contribution in [0.5, 0.6) is 0 Å². The maximum Gasteiger partial charge on any atom is 0.312 e. The van der Waals surface area contributed by atoms with E-state index in [1.807, 2.05) is 63.2 Å². The van der Waals surface area contributed by atoms with E-state index in [-0.39, 0.29) is 12.5 Å². The van der Waals surface area contributed by atoms with Gasteiger partial charge in [0, 0.05) is 25.3 Å². The van der Waals surface area contributed by atoms with E-state index in [1.54, 1.807) is 4.90 Å². The first kappa shape index (κ1) is 19.6. The average molecular weight is 379 g/mol. The van der Waals surface area contributed by atoms with Crippen molar-refractivity contribution in [2.45, 2.75) is 27.3 Å². The van der Waals surface area contributed by atoms with Gasteiger partial charge in [0.2, 0.25) is 5.91 Å². The van der Waals surface area contributed by atoms with Crippen LogP contribution >= 0.6 is 0 Å². The zero-order valence-electron chi connectivity index (χ0n) is 16.5. The Kier molecular flexibility index (Phi) is 5.78. The van der Waals surface area contributed by atoms with E-state index in [2.05, 4.69) is 5.32 Å². The van der Waals surface area contributed by atoms with Crippen LogP contribution in [-0.4, -0.2) is 47.2 Å². The van der Waals surface area contributed by atoms with Gasteiger partial charge in [-0.15, -0.1) is 0 Å². The van der Waals surface area contributed by atoms with Crippen molar-refractivity contribution >= 4 is 23.4 Å². The molecule has 6 heteroatoms. The first-order valence-electron chi connectivity index (χ1n) is 9.35. The van der Waals surface area contributed by atoms with Gasteiger partial charge in [-0.3, -0.25) is 14.4 Å². The Morgan fingerprint density at radius 3 is 2.29 bits per heavy atom. The molecule has 0 aromatic heterocycles. The maximum atomic E-state index is 12.5. The number of anilines is 1. The molecule has 0 saturated carbocycles. The summed E-state index contributed by atoms with van der Waals surface area (Å²) in [5.41, 5.74) is 4.89. The molecule has 1 heterocycles. The van der Waals surface area contributed by atoms with Crippen LogP contribution in [0.15, 0.2) is 42.5 Å². The number of nitrogens with one attached hydrogen (secondary N) is 1. The number of amides is 3. The zero-order valence-corrected chi connectivity index (χ0v) is 16.5. The highest BCUT2D eigenvalue weighted by atomic mass is 16.2. The van der Waals surface area contributed by atoms with E-state index in [0.717, 1.165) is 27.9 Å². The highest BCUT2D eigenvalue weighted by molar-refractivity contribution is 6.35. The molecule has 1 N–H and O–H groups in total. The number of piperazine rings is 1. The minimum atomic E-state index is -0.629. The largest absolute Gasteiger partial charge is 0.328 e. The zero-order chi connectivity index (χ0) is 20.3. The molecule has 3 amide bonds. The molecule has 0 atom stereocenters. The minimum Gasteiger partial charge on any atom is -0.328 e. The van der Waals surface area contributed by atoms with Crippen LogP contribution in [0, 0.1) is 20.8 Å². The Bertz CT molecular complexity index is 923. The van der Waals surface area contributed by atoms with E-state index in [4.69, 9.17) is 0 Å². The van der Waals surface area contributed by atoms with Crippen molar-refractivity contribution in [2.75, 3.05) is 25.0 Å². The molecule has 28 heavy (non-hydrogen) atoms. The lowest BCUT2D eigenvalue weighted by Gasteiger charge is -2.33. The van der Waals surface area contributed by atoms with Crippen LogP contribution in [0.4, 0.5) is 5.69 Å². The van der Waals surface area contributed by atoms with Gasteiger partial charge < -0.3 is 15.1 Å². The van der Waals surface area contributed by atoms with Crippen molar-refractivity contribution in [1.29, 1.82) is 0 Å². The predicted octanol–water partition coefficient (Wildman–Crippen LogP) is 2.42. The third-order valence-corrected chi connectivity index (χ3v) is 5.23. The SMILES string of the molecule is Cc1ccccc1CN1CCN(CC(=O)Nc2cccc(C)c2C)C(=O)C1=O. The van der Waals surface area contributed by atoms with Gasteiger partial charge >= 0.3 is 11.8 Å². The summed E-state index contributed by atoms with van der Waals surface area (Å²) in [7, 11) is 0. The first-order chi connectivity index (χ1) is 13.4. The monoisotopic (exact) mass is 379 g/mol. The van der Waals surface area contributed by atoms with Gasteiger partial charge in [0.25, 0.3) is 0 Å². The Morgan fingerprint density at radius 2 is 1.54 bits per heavy atom. The standard InChI is InChI=1S/C22H25N3O3/c1-15-8-6-10-19(17(15)3)23-20(26)14-25-12-11-24(21(27)22(25)28)13-18-9-5-4-7-16(18)2/h4-10H,11-14H2,1-3H3,(H,23,26). The molecule has 0 aliphatic carbocycles. The average Bonchev–Trinajstić information content (AvgIpc) is 2.67. The summed E-state index contributed by atoms with van der Waals surface area (Å²) >= 11 is 0. The summed E-state index contributed by atoms with van der Waals surface area (Å²) < 4.78 is 0. The summed E-state index contributed by atoms with van der Waals surface area (Å²) in [6.07, 6.45) is 0. The van der Waals surface area contributed by atoms with E-state index >= 15 is 0 Å². The second-order valence-corrected chi connectivity index (χ2v) is 7.18. The van der Waals surface area contributed by atoms with E-state index in [9.17, 15) is 14.4 Å². The molecule has 6 nitrogen and oxygen atoms in total. The van der Waals surface area contributed by atoms with Crippen LogP contribution in [0.1, 0.15) is 22.3 Å². The lowest BCUT2D eigenvalue weighted by molar-refractivity contribution is -0.157. The van der Waals surface area contributed by atoms with Crippen LogP contribution in [-0.2, 0) is 20.9 Å². The topological polar surface area (TPSA) is 69.7 Å². The fourth-order valence-electron chi connectivity index (χ4n) is 3.26. The molecule has 1 saturated heterocycles. The minimum absolute atomic E-state index is 0.129. The van der Waals surface area contributed by atoms with Gasteiger partial charge in [-0.05, 0) is 49.1 Å². The van der Waals surface area contributed by atoms with Gasteiger partial charge in [0.1, 0.15) is 6.54 Å². The quantitative estimate of drug-likeness (QED) is 0.811. The molecular weight excluding hydrogens is 354 g/mol. The highest BCUT2D eigenvalue weighted by Crippen LogP contribution is 2.18. The Morgan fingerprint density at radius 1 is 0.893 bits per heavy atom. The van der Waals surface area contributed by atoms with Crippen molar-refractivity contribution in [3.63, 3.8) is 0 Å². The van der Waals surface area contributed by atoms with Crippen molar-refractivity contribution < 1.29 is 14.4 Å². The van der Waals surface area contributed by atoms with Crippen LogP contribution < -0.4 is 5.32 Å². The highest BCUT2D eigenvalue weighted by Gasteiger charge is 2.33. The second kappa shape index (κ2) is 8.25. The van der Waals surface area contributed by atoms with E-state index < -0.39 is 11.8 Å². The van der Waals surface area contributed by atoms with Crippen LogP contribution in [0.25, 0.3) is 0 Å². The molecular formula is C22H25N3O3. The Balaban J connectivity index is 1.61. The second-order valence-electron chi connectivity index (χ2n) is 7.18. The predicted molar refractivity (Wildman–Crippen MR) is 108 cm³/mol. The van der Waals surface area contributed by atoms with Gasteiger partial charge in [-0.1, -0.05) is 36.4 Å². The molecule has 1 aliphatic rings. The van der Waals surface area contributed by atoms with Crippen molar-refractivity contribution in [3.05, 3.63) is 64.7 Å². The van der Waals surface area contributed by atoms with E-state index in [1.165, 1.54) is 4.90 Å². The van der Waals surface area contributed by atoms with Gasteiger partial charge in [-0.25, -0.2) is 0 Å². The van der Waals surface area contributed by atoms with Crippen molar-refractivity contribution in [3.8, 4) is 0 Å². The molecule has 146 valence electrons. The Labute approximate surface area is 165 Å². The van der Waals surface area contributed by atoms with Gasteiger partial charge in [-0.2, -0.15) is 0 Å². The number of aryl methyl sites for hydroxylation is 2. The van der Waals surface area contributed by atoms with Crippen molar-refractivity contribution in [2.24, 2.45) is 0 Å². The summed E-state index contributed by atoms with van der Waals surface area (Å²) in [6, 6.07) is 13.5. The maximum absolute atomic E-state index is 12.5. The Hall–Kier alpha value is -3.15. The normalized spacial score (nSPS) is 14.4. The summed E-state index contributed by atoms with van der Waals surface area (Å²) in [5.74, 6) is -1.49. The fourth-order valence-corrected chi connectivity index (χ4v) is 3.26. The summed E-state index contributed by atoms with van der Waals surface area (Å²) in [6.45, 7) is 6.92. The van der Waals surface area contributed by atoms with Gasteiger partial charge in [0.15, 0.2) is 0 Å².